The molecule has 7 nitrogen and oxygen atoms in total. The van der Waals surface area contributed by atoms with Crippen molar-refractivity contribution < 1.29 is 14.2 Å². The highest BCUT2D eigenvalue weighted by molar-refractivity contribution is 5.57. The first kappa shape index (κ1) is 17.6. The maximum atomic E-state index is 14.0. The largest absolute Gasteiger partial charge is 0.391 e. The third kappa shape index (κ3) is 3.89. The zero-order chi connectivity index (χ0) is 18.0. The third-order valence-corrected chi connectivity index (χ3v) is 4.72. The Morgan fingerprint density at radius 3 is 2.84 bits per heavy atom. The first-order valence-corrected chi connectivity index (χ1v) is 8.48. The number of aromatic nitrogens is 3. The number of rotatable bonds is 2. The summed E-state index contributed by atoms with van der Waals surface area (Å²) in [4.78, 5) is 3.76. The molecule has 0 radical (unpaired) electrons. The van der Waals surface area contributed by atoms with Gasteiger partial charge in [-0.1, -0.05) is 6.92 Å². The number of hydrogen-bond donors (Lipinski definition) is 2. The van der Waals surface area contributed by atoms with Crippen molar-refractivity contribution in [3.05, 3.63) is 23.3 Å². The van der Waals surface area contributed by atoms with Crippen molar-refractivity contribution in [1.29, 1.82) is 5.26 Å². The molecule has 1 saturated carbocycles. The number of anilines is 1. The Morgan fingerprint density at radius 1 is 1.56 bits per heavy atom. The van der Waals surface area contributed by atoms with Gasteiger partial charge >= 0.3 is 0 Å². The lowest BCUT2D eigenvalue weighted by Gasteiger charge is -2.15. The second-order valence-corrected chi connectivity index (χ2v) is 6.71. The van der Waals surface area contributed by atoms with Gasteiger partial charge in [0.25, 0.3) is 0 Å². The summed E-state index contributed by atoms with van der Waals surface area (Å²) in [7, 11) is 0. The van der Waals surface area contributed by atoms with E-state index in [1.807, 2.05) is 6.07 Å². The van der Waals surface area contributed by atoms with Crippen molar-refractivity contribution in [2.45, 2.75) is 38.7 Å². The molecule has 2 aliphatic rings. The van der Waals surface area contributed by atoms with Gasteiger partial charge in [-0.3, -0.25) is 0 Å². The standard InChI is InChI=1S/C12H12FN5.C5H10O2/c1-6-2-7(6)3-9-8(4-14)11(13)10-5-16-12(15)17-18(9)10;6-5-2-1-3-7-4-5/h5-7H,2-3H2,1H3,(H2,15,17);5-6H,1-4H2. The van der Waals surface area contributed by atoms with Gasteiger partial charge in [-0.2, -0.15) is 5.26 Å². The van der Waals surface area contributed by atoms with Crippen molar-refractivity contribution in [2.24, 2.45) is 11.8 Å². The summed E-state index contributed by atoms with van der Waals surface area (Å²) in [5.41, 5.74) is 6.40. The Kier molecular flexibility index (Phi) is 5.16. The predicted molar refractivity (Wildman–Crippen MR) is 89.1 cm³/mol. The number of hydrogen-bond acceptors (Lipinski definition) is 6. The zero-order valence-electron chi connectivity index (χ0n) is 14.2. The number of nitrogen functional groups attached to an aromatic ring is 1. The molecule has 25 heavy (non-hydrogen) atoms. The van der Waals surface area contributed by atoms with Crippen molar-refractivity contribution in [2.75, 3.05) is 18.9 Å². The second-order valence-electron chi connectivity index (χ2n) is 6.71. The Hall–Kier alpha value is -2.24. The summed E-state index contributed by atoms with van der Waals surface area (Å²) in [5.74, 6) is 0.656. The quantitative estimate of drug-likeness (QED) is 0.855. The summed E-state index contributed by atoms with van der Waals surface area (Å²) >= 11 is 0. The topological polar surface area (TPSA) is 109 Å². The van der Waals surface area contributed by atoms with Gasteiger partial charge in [-0.05, 0) is 37.5 Å². The van der Waals surface area contributed by atoms with Gasteiger partial charge in [-0.25, -0.2) is 13.9 Å². The number of ether oxygens (including phenoxy) is 1. The van der Waals surface area contributed by atoms with E-state index in [1.54, 1.807) is 0 Å². The lowest BCUT2D eigenvalue weighted by Crippen LogP contribution is -2.21. The van der Waals surface area contributed by atoms with Crippen molar-refractivity contribution >= 4 is 11.5 Å². The highest BCUT2D eigenvalue weighted by Crippen LogP contribution is 2.41. The lowest BCUT2D eigenvalue weighted by molar-refractivity contribution is -0.00535. The molecule has 1 aliphatic heterocycles. The van der Waals surface area contributed by atoms with E-state index in [4.69, 9.17) is 20.8 Å². The van der Waals surface area contributed by atoms with Gasteiger partial charge < -0.3 is 15.6 Å². The molecule has 1 saturated heterocycles. The summed E-state index contributed by atoms with van der Waals surface area (Å²) < 4.78 is 20.4. The van der Waals surface area contributed by atoms with Crippen LogP contribution >= 0.6 is 0 Å². The fourth-order valence-electron chi connectivity index (χ4n) is 3.04. The van der Waals surface area contributed by atoms with E-state index in [0.717, 1.165) is 25.9 Å². The van der Waals surface area contributed by atoms with E-state index in [9.17, 15) is 4.39 Å². The maximum Gasteiger partial charge on any atom is 0.238 e. The molecule has 0 aromatic carbocycles. The molecule has 0 spiro atoms. The number of nitrogens with two attached hydrogens (primary N) is 1. The fraction of sp³-hybridized carbons (Fsp3) is 0.588. The zero-order valence-corrected chi connectivity index (χ0v) is 14.2. The van der Waals surface area contributed by atoms with Gasteiger partial charge in [0.1, 0.15) is 17.1 Å². The highest BCUT2D eigenvalue weighted by atomic mass is 19.1. The average molecular weight is 347 g/mol. The Balaban J connectivity index is 0.000000219. The van der Waals surface area contributed by atoms with E-state index in [2.05, 4.69) is 17.0 Å². The van der Waals surface area contributed by atoms with E-state index in [0.29, 0.717) is 30.6 Å². The van der Waals surface area contributed by atoms with Gasteiger partial charge in [0.2, 0.25) is 5.95 Å². The van der Waals surface area contributed by atoms with E-state index in [1.165, 1.54) is 10.7 Å². The Bertz CT molecular complexity index is 794. The number of aliphatic hydroxyl groups is 1. The molecule has 4 rings (SSSR count). The molecule has 8 heteroatoms. The molecule has 2 aromatic rings. The number of fused-ring (bicyclic) bond motifs is 1. The predicted octanol–water partition coefficient (Wildman–Crippen LogP) is 1.68. The van der Waals surface area contributed by atoms with Gasteiger partial charge in [-0.15, -0.1) is 5.10 Å². The van der Waals surface area contributed by atoms with Crippen molar-refractivity contribution in [3.8, 4) is 6.07 Å². The number of nitriles is 1. The summed E-state index contributed by atoms with van der Waals surface area (Å²) in [6.07, 6.45) is 4.83. The highest BCUT2D eigenvalue weighted by Gasteiger charge is 2.35. The van der Waals surface area contributed by atoms with Crippen LogP contribution in [-0.4, -0.2) is 39.0 Å². The van der Waals surface area contributed by atoms with Gasteiger partial charge in [0.15, 0.2) is 5.82 Å². The van der Waals surface area contributed by atoms with Gasteiger partial charge in [0, 0.05) is 6.61 Å². The number of aliphatic hydroxyl groups excluding tert-OH is 1. The van der Waals surface area contributed by atoms with Crippen LogP contribution < -0.4 is 5.73 Å². The fourth-order valence-corrected chi connectivity index (χ4v) is 3.04. The monoisotopic (exact) mass is 347 g/mol. The SMILES string of the molecule is CC1CC1Cc1c(C#N)c(F)c2cnc(N)nn12.OC1CCCOC1. The molecule has 3 unspecified atom stereocenters. The second kappa shape index (κ2) is 7.33. The van der Waals surface area contributed by atoms with Crippen molar-refractivity contribution in [1.82, 2.24) is 14.6 Å². The molecule has 134 valence electrons. The molecule has 1 aliphatic carbocycles. The lowest BCUT2D eigenvalue weighted by atomic mass is 10.1. The van der Waals surface area contributed by atoms with Crippen LogP contribution in [0.2, 0.25) is 0 Å². The Labute approximate surface area is 145 Å². The minimum Gasteiger partial charge on any atom is -0.391 e. The third-order valence-electron chi connectivity index (χ3n) is 4.72. The molecule has 0 amide bonds. The normalized spacial score (nSPS) is 25.1. The molecule has 0 bridgehead atoms. The van der Waals surface area contributed by atoms with Crippen LogP contribution in [0.5, 0.6) is 0 Å². The van der Waals surface area contributed by atoms with Gasteiger partial charge in [0.05, 0.1) is 24.6 Å². The Morgan fingerprint density at radius 2 is 2.32 bits per heavy atom. The smallest absolute Gasteiger partial charge is 0.238 e. The van der Waals surface area contributed by atoms with Crippen molar-refractivity contribution in [3.63, 3.8) is 0 Å². The summed E-state index contributed by atoms with van der Waals surface area (Å²) in [5, 5.41) is 21.9. The van der Waals surface area contributed by atoms with Crippen LogP contribution in [0.15, 0.2) is 6.20 Å². The number of nitrogens with zero attached hydrogens (tertiary/aromatic N) is 4. The van der Waals surface area contributed by atoms with Crippen LogP contribution in [-0.2, 0) is 11.2 Å². The summed E-state index contributed by atoms with van der Waals surface area (Å²) in [6.45, 7) is 3.52. The molecule has 2 fully saturated rings. The van der Waals surface area contributed by atoms with E-state index in [-0.39, 0.29) is 23.1 Å². The van der Waals surface area contributed by atoms with Crippen LogP contribution in [0.1, 0.15) is 37.4 Å². The van der Waals surface area contributed by atoms with Crippen LogP contribution in [0.3, 0.4) is 0 Å². The molecular weight excluding hydrogens is 325 g/mol. The van der Waals surface area contributed by atoms with E-state index >= 15 is 0 Å². The van der Waals surface area contributed by atoms with Crippen LogP contribution in [0.25, 0.3) is 5.52 Å². The first-order valence-electron chi connectivity index (χ1n) is 8.48. The number of halogens is 1. The van der Waals surface area contributed by atoms with Crippen LogP contribution in [0, 0.1) is 29.0 Å². The molecule has 3 N–H and O–H groups in total. The molecular formula is C17H22FN5O2. The summed E-state index contributed by atoms with van der Waals surface area (Å²) in [6, 6.07) is 1.92. The maximum absolute atomic E-state index is 14.0. The molecule has 2 aromatic heterocycles. The minimum absolute atomic E-state index is 0.0639. The minimum atomic E-state index is -0.555. The first-order chi connectivity index (χ1) is 12.0. The van der Waals surface area contributed by atoms with Crippen LogP contribution in [0.4, 0.5) is 10.3 Å². The van der Waals surface area contributed by atoms with E-state index < -0.39 is 5.82 Å². The average Bonchev–Trinajstić information content (AvgIpc) is 3.23. The molecule has 3 atom stereocenters. The molecule has 3 heterocycles.